The Labute approximate surface area is 123 Å². The molecule has 0 aliphatic rings. The number of benzene rings is 1. The lowest BCUT2D eigenvalue weighted by atomic mass is 10.2. The van der Waals surface area contributed by atoms with Gasteiger partial charge >= 0.3 is 0 Å². The molecule has 0 fully saturated rings. The van der Waals surface area contributed by atoms with Gasteiger partial charge in [0.2, 0.25) is 0 Å². The Morgan fingerprint density at radius 3 is 2.60 bits per heavy atom. The van der Waals surface area contributed by atoms with E-state index in [1.54, 1.807) is 0 Å². The van der Waals surface area contributed by atoms with Gasteiger partial charge < -0.3 is 10.5 Å². The Balaban J connectivity index is 1.89. The lowest BCUT2D eigenvalue weighted by Gasteiger charge is -2.05. The van der Waals surface area contributed by atoms with E-state index in [1.807, 2.05) is 19.1 Å². The Kier molecular flexibility index (Phi) is 4.74. The lowest BCUT2D eigenvalue weighted by Crippen LogP contribution is -2.10. The second kappa shape index (κ2) is 6.52. The van der Waals surface area contributed by atoms with Crippen LogP contribution in [0.5, 0.6) is 5.75 Å². The van der Waals surface area contributed by atoms with Crippen molar-refractivity contribution in [3.8, 4) is 5.75 Å². The van der Waals surface area contributed by atoms with Crippen LogP contribution in [0.2, 0.25) is 0 Å². The molecule has 0 amide bonds. The molecule has 2 aromatic rings. The molecule has 1 aromatic carbocycles. The maximum Gasteiger partial charge on any atom is 0.135 e. The van der Waals surface area contributed by atoms with E-state index in [9.17, 15) is 0 Å². The molecule has 2 rings (SSSR count). The standard InChI is InChI=1S/C15H19N3OS/c1-3-11-4-6-12(7-5-11)19-9-8-13-18-10(2)14(20-13)15(16)17/h4-7H,3,8-9H2,1-2H3,(H3,16,17). The van der Waals surface area contributed by atoms with Gasteiger partial charge in [-0.2, -0.15) is 0 Å². The summed E-state index contributed by atoms with van der Waals surface area (Å²) in [7, 11) is 0. The van der Waals surface area contributed by atoms with Crippen LogP contribution in [0.4, 0.5) is 0 Å². The van der Waals surface area contributed by atoms with Crippen LogP contribution in [-0.4, -0.2) is 17.4 Å². The van der Waals surface area contributed by atoms with Crippen LogP contribution in [0.25, 0.3) is 0 Å². The predicted molar refractivity (Wildman–Crippen MR) is 82.9 cm³/mol. The van der Waals surface area contributed by atoms with E-state index in [-0.39, 0.29) is 5.84 Å². The van der Waals surface area contributed by atoms with E-state index >= 15 is 0 Å². The third-order valence-electron chi connectivity index (χ3n) is 3.00. The zero-order valence-electron chi connectivity index (χ0n) is 11.8. The summed E-state index contributed by atoms with van der Waals surface area (Å²) in [5.74, 6) is 0.963. The SMILES string of the molecule is CCc1ccc(OCCc2nc(C)c(C(=N)N)s2)cc1. The zero-order chi connectivity index (χ0) is 14.5. The molecule has 1 aromatic heterocycles. The first-order chi connectivity index (χ1) is 9.60. The van der Waals surface area contributed by atoms with Crippen molar-refractivity contribution in [3.63, 3.8) is 0 Å². The van der Waals surface area contributed by atoms with E-state index < -0.39 is 0 Å². The summed E-state index contributed by atoms with van der Waals surface area (Å²) >= 11 is 1.47. The average molecular weight is 289 g/mol. The first kappa shape index (κ1) is 14.5. The smallest absolute Gasteiger partial charge is 0.135 e. The van der Waals surface area contributed by atoms with Crippen molar-refractivity contribution in [2.24, 2.45) is 5.73 Å². The van der Waals surface area contributed by atoms with Gasteiger partial charge in [0, 0.05) is 6.42 Å². The third kappa shape index (κ3) is 3.57. The highest BCUT2D eigenvalue weighted by atomic mass is 32.1. The van der Waals surface area contributed by atoms with Crippen molar-refractivity contribution < 1.29 is 4.74 Å². The number of ether oxygens (including phenoxy) is 1. The summed E-state index contributed by atoms with van der Waals surface area (Å²) in [4.78, 5) is 5.16. The van der Waals surface area contributed by atoms with Gasteiger partial charge in [0.1, 0.15) is 11.6 Å². The van der Waals surface area contributed by atoms with Crippen LogP contribution in [0, 0.1) is 12.3 Å². The normalized spacial score (nSPS) is 10.5. The number of nitrogen functional groups attached to an aromatic ring is 1. The largest absolute Gasteiger partial charge is 0.493 e. The molecule has 106 valence electrons. The van der Waals surface area contributed by atoms with Crippen molar-refractivity contribution in [1.29, 1.82) is 5.41 Å². The zero-order valence-corrected chi connectivity index (χ0v) is 12.6. The number of hydrogen-bond acceptors (Lipinski definition) is 4. The van der Waals surface area contributed by atoms with E-state index in [0.717, 1.165) is 34.2 Å². The van der Waals surface area contributed by atoms with Crippen LogP contribution in [-0.2, 0) is 12.8 Å². The number of nitrogens with two attached hydrogens (primary N) is 1. The Morgan fingerprint density at radius 1 is 1.35 bits per heavy atom. The minimum absolute atomic E-state index is 0.0855. The molecule has 5 heteroatoms. The highest BCUT2D eigenvalue weighted by Gasteiger charge is 2.09. The number of nitrogens with one attached hydrogen (secondary N) is 1. The fourth-order valence-electron chi connectivity index (χ4n) is 1.89. The molecule has 3 N–H and O–H groups in total. The monoisotopic (exact) mass is 289 g/mol. The van der Waals surface area contributed by atoms with Gasteiger partial charge in [0.15, 0.2) is 0 Å². The molecule has 0 aliphatic carbocycles. The molecule has 0 bridgehead atoms. The molecule has 0 unspecified atom stereocenters. The fraction of sp³-hybridized carbons (Fsp3) is 0.333. The average Bonchev–Trinajstić information content (AvgIpc) is 2.81. The number of amidine groups is 1. The molecule has 0 aliphatic heterocycles. The van der Waals surface area contributed by atoms with Crippen LogP contribution in [0.1, 0.15) is 28.1 Å². The van der Waals surface area contributed by atoms with Crippen molar-refractivity contribution >= 4 is 17.2 Å². The van der Waals surface area contributed by atoms with Gasteiger partial charge in [-0.25, -0.2) is 4.98 Å². The number of aryl methyl sites for hydroxylation is 2. The van der Waals surface area contributed by atoms with Gasteiger partial charge in [-0.05, 0) is 31.0 Å². The number of nitrogens with zero attached hydrogens (tertiary/aromatic N) is 1. The van der Waals surface area contributed by atoms with Crippen LogP contribution in [0.3, 0.4) is 0 Å². The topological polar surface area (TPSA) is 72.0 Å². The predicted octanol–water partition coefficient (Wildman–Crippen LogP) is 2.92. The highest BCUT2D eigenvalue weighted by molar-refractivity contribution is 7.13. The fourth-order valence-corrected chi connectivity index (χ4v) is 2.79. The number of rotatable bonds is 6. The summed E-state index contributed by atoms with van der Waals surface area (Å²) in [6, 6.07) is 8.15. The third-order valence-corrected chi connectivity index (χ3v) is 4.25. The number of aromatic nitrogens is 1. The second-order valence-corrected chi connectivity index (χ2v) is 5.62. The summed E-state index contributed by atoms with van der Waals surface area (Å²) in [5.41, 5.74) is 7.63. The molecular formula is C15H19N3OS. The second-order valence-electron chi connectivity index (χ2n) is 4.53. The summed E-state index contributed by atoms with van der Waals surface area (Å²) in [5, 5.41) is 8.41. The van der Waals surface area contributed by atoms with E-state index in [4.69, 9.17) is 15.9 Å². The van der Waals surface area contributed by atoms with E-state index in [0.29, 0.717) is 6.61 Å². The van der Waals surface area contributed by atoms with Gasteiger partial charge in [0.25, 0.3) is 0 Å². The number of thiazole rings is 1. The van der Waals surface area contributed by atoms with Crippen LogP contribution < -0.4 is 10.5 Å². The van der Waals surface area contributed by atoms with E-state index in [2.05, 4.69) is 24.0 Å². The minimum Gasteiger partial charge on any atom is -0.493 e. The molecule has 0 spiro atoms. The minimum atomic E-state index is 0.0855. The van der Waals surface area contributed by atoms with Crippen LogP contribution >= 0.6 is 11.3 Å². The van der Waals surface area contributed by atoms with Gasteiger partial charge in [-0.1, -0.05) is 19.1 Å². The van der Waals surface area contributed by atoms with Gasteiger partial charge in [0.05, 0.1) is 22.2 Å². The first-order valence-corrected chi connectivity index (χ1v) is 7.44. The Morgan fingerprint density at radius 2 is 2.05 bits per heavy atom. The van der Waals surface area contributed by atoms with Crippen molar-refractivity contribution in [2.45, 2.75) is 26.7 Å². The quantitative estimate of drug-likeness (QED) is 0.634. The molecule has 0 radical (unpaired) electrons. The summed E-state index contributed by atoms with van der Waals surface area (Å²) in [6.07, 6.45) is 1.76. The molecule has 4 nitrogen and oxygen atoms in total. The molecule has 20 heavy (non-hydrogen) atoms. The maximum atomic E-state index is 7.46. The molecule has 0 saturated heterocycles. The van der Waals surface area contributed by atoms with Crippen LogP contribution in [0.15, 0.2) is 24.3 Å². The molecule has 0 saturated carbocycles. The summed E-state index contributed by atoms with van der Waals surface area (Å²) < 4.78 is 5.70. The molecule has 1 heterocycles. The van der Waals surface area contributed by atoms with E-state index in [1.165, 1.54) is 16.9 Å². The molecule has 0 atom stereocenters. The maximum absolute atomic E-state index is 7.46. The number of hydrogen-bond donors (Lipinski definition) is 2. The first-order valence-electron chi connectivity index (χ1n) is 6.62. The van der Waals surface area contributed by atoms with Gasteiger partial charge in [-0.15, -0.1) is 11.3 Å². The van der Waals surface area contributed by atoms with Crippen molar-refractivity contribution in [3.05, 3.63) is 45.4 Å². The van der Waals surface area contributed by atoms with Crippen molar-refractivity contribution in [2.75, 3.05) is 6.61 Å². The highest BCUT2D eigenvalue weighted by Crippen LogP contribution is 2.18. The lowest BCUT2D eigenvalue weighted by molar-refractivity contribution is 0.321. The van der Waals surface area contributed by atoms with Crippen molar-refractivity contribution in [1.82, 2.24) is 4.98 Å². The summed E-state index contributed by atoms with van der Waals surface area (Å²) in [6.45, 7) is 4.59. The Bertz CT molecular complexity index is 590. The Hall–Kier alpha value is -1.88. The van der Waals surface area contributed by atoms with Gasteiger partial charge in [-0.3, -0.25) is 5.41 Å². The molecular weight excluding hydrogens is 270 g/mol.